The topological polar surface area (TPSA) is 52.8 Å². The lowest BCUT2D eigenvalue weighted by Crippen LogP contribution is -2.34. The number of imidazole rings is 1. The van der Waals surface area contributed by atoms with Crippen molar-refractivity contribution in [2.45, 2.75) is 45.3 Å². The minimum atomic E-state index is 0.0166. The SMILES string of the molecule is CC1(C)CC(CCn2cnc3ncc(Br)nc32)CCO1. The van der Waals surface area contributed by atoms with E-state index in [-0.39, 0.29) is 5.60 Å². The summed E-state index contributed by atoms with van der Waals surface area (Å²) in [4.78, 5) is 13.0. The number of hydrogen-bond donors (Lipinski definition) is 0. The average Bonchev–Trinajstić information content (AvgIpc) is 2.77. The first kappa shape index (κ1) is 13.9. The van der Waals surface area contributed by atoms with Crippen LogP contribution in [0.5, 0.6) is 0 Å². The molecule has 0 saturated carbocycles. The zero-order valence-electron chi connectivity index (χ0n) is 11.8. The van der Waals surface area contributed by atoms with Crippen molar-refractivity contribution < 1.29 is 4.74 Å². The van der Waals surface area contributed by atoms with Crippen LogP contribution < -0.4 is 0 Å². The Balaban J connectivity index is 1.69. The molecule has 1 aliphatic rings. The van der Waals surface area contributed by atoms with Gasteiger partial charge in [-0.15, -0.1) is 0 Å². The predicted molar refractivity (Wildman–Crippen MR) is 80.4 cm³/mol. The molecular formula is C14H19BrN4O. The number of fused-ring (bicyclic) bond motifs is 1. The molecule has 1 fully saturated rings. The molecule has 0 N–H and O–H groups in total. The maximum absolute atomic E-state index is 5.77. The van der Waals surface area contributed by atoms with Gasteiger partial charge >= 0.3 is 0 Å². The van der Waals surface area contributed by atoms with Crippen molar-refractivity contribution in [2.75, 3.05) is 6.61 Å². The second-order valence-electron chi connectivity index (χ2n) is 6.03. The number of aromatic nitrogens is 4. The highest BCUT2D eigenvalue weighted by Crippen LogP contribution is 2.31. The molecule has 1 unspecified atom stereocenters. The molecule has 1 saturated heterocycles. The van der Waals surface area contributed by atoms with Crippen LogP contribution in [0.4, 0.5) is 0 Å². The van der Waals surface area contributed by atoms with E-state index in [0.717, 1.165) is 42.7 Å². The summed E-state index contributed by atoms with van der Waals surface area (Å²) in [6.07, 6.45) is 6.91. The molecular weight excluding hydrogens is 320 g/mol. The van der Waals surface area contributed by atoms with Crippen molar-refractivity contribution in [1.82, 2.24) is 19.5 Å². The monoisotopic (exact) mass is 338 g/mol. The van der Waals surface area contributed by atoms with Crippen molar-refractivity contribution in [1.29, 1.82) is 0 Å². The molecule has 0 radical (unpaired) electrons. The Kier molecular flexibility index (Phi) is 3.77. The van der Waals surface area contributed by atoms with E-state index in [2.05, 4.69) is 49.3 Å². The van der Waals surface area contributed by atoms with Gasteiger partial charge in [-0.3, -0.25) is 0 Å². The average molecular weight is 339 g/mol. The van der Waals surface area contributed by atoms with Gasteiger partial charge in [0.05, 0.1) is 18.1 Å². The number of hydrogen-bond acceptors (Lipinski definition) is 4. The van der Waals surface area contributed by atoms with Gasteiger partial charge in [-0.05, 0) is 55.0 Å². The fourth-order valence-electron chi connectivity index (χ4n) is 2.90. The summed E-state index contributed by atoms with van der Waals surface area (Å²) in [7, 11) is 0. The zero-order valence-corrected chi connectivity index (χ0v) is 13.4. The number of rotatable bonds is 3. The third kappa shape index (κ3) is 3.01. The van der Waals surface area contributed by atoms with Crippen LogP contribution in [0.3, 0.4) is 0 Å². The van der Waals surface area contributed by atoms with Gasteiger partial charge in [0, 0.05) is 13.2 Å². The fourth-order valence-corrected chi connectivity index (χ4v) is 3.18. The highest BCUT2D eigenvalue weighted by molar-refractivity contribution is 9.10. The Hall–Kier alpha value is -1.01. The van der Waals surface area contributed by atoms with Crippen LogP contribution >= 0.6 is 15.9 Å². The first-order valence-corrected chi connectivity index (χ1v) is 7.80. The van der Waals surface area contributed by atoms with Gasteiger partial charge in [-0.2, -0.15) is 0 Å². The van der Waals surface area contributed by atoms with Crippen LogP contribution in [0, 0.1) is 5.92 Å². The standard InChI is InChI=1S/C14H19BrN4O/c1-14(2)7-10(4-6-20-14)3-5-19-9-17-12-13(19)18-11(15)8-16-12/h8-10H,3-7H2,1-2H3. The molecule has 0 amide bonds. The molecule has 108 valence electrons. The van der Waals surface area contributed by atoms with Crippen molar-refractivity contribution >= 4 is 27.2 Å². The van der Waals surface area contributed by atoms with Crippen LogP contribution in [0.15, 0.2) is 17.1 Å². The van der Waals surface area contributed by atoms with E-state index in [1.165, 1.54) is 0 Å². The summed E-state index contributed by atoms with van der Waals surface area (Å²) in [6.45, 7) is 6.15. The van der Waals surface area contributed by atoms with E-state index in [0.29, 0.717) is 11.6 Å². The first-order valence-electron chi connectivity index (χ1n) is 7.01. The summed E-state index contributed by atoms with van der Waals surface area (Å²) in [5.41, 5.74) is 1.58. The van der Waals surface area contributed by atoms with Gasteiger partial charge in [0.2, 0.25) is 0 Å². The number of halogens is 1. The highest BCUT2D eigenvalue weighted by atomic mass is 79.9. The number of nitrogens with zero attached hydrogens (tertiary/aromatic N) is 4. The van der Waals surface area contributed by atoms with E-state index in [9.17, 15) is 0 Å². The molecule has 6 heteroatoms. The largest absolute Gasteiger partial charge is 0.376 e. The third-order valence-electron chi connectivity index (χ3n) is 3.87. The van der Waals surface area contributed by atoms with Crippen LogP contribution in [0.25, 0.3) is 11.3 Å². The van der Waals surface area contributed by atoms with Crippen molar-refractivity contribution in [2.24, 2.45) is 5.92 Å². The summed E-state index contributed by atoms with van der Waals surface area (Å²) < 4.78 is 8.61. The fraction of sp³-hybridized carbons (Fsp3) is 0.643. The molecule has 0 aromatic carbocycles. The van der Waals surface area contributed by atoms with Gasteiger partial charge < -0.3 is 9.30 Å². The Bertz CT molecular complexity index is 610. The van der Waals surface area contributed by atoms with Crippen LogP contribution in [-0.2, 0) is 11.3 Å². The minimum absolute atomic E-state index is 0.0166. The van der Waals surface area contributed by atoms with Crippen LogP contribution in [0.2, 0.25) is 0 Å². The predicted octanol–water partition coefficient (Wildman–Crippen LogP) is 3.18. The molecule has 2 aromatic heterocycles. The second-order valence-corrected chi connectivity index (χ2v) is 6.85. The Labute approximate surface area is 126 Å². The molecule has 1 atom stereocenters. The second kappa shape index (κ2) is 5.41. The van der Waals surface area contributed by atoms with Gasteiger partial charge in [0.1, 0.15) is 4.60 Å². The molecule has 20 heavy (non-hydrogen) atoms. The Morgan fingerprint density at radius 2 is 2.30 bits per heavy atom. The molecule has 2 aromatic rings. The summed E-state index contributed by atoms with van der Waals surface area (Å²) in [5.74, 6) is 0.705. The summed E-state index contributed by atoms with van der Waals surface area (Å²) >= 11 is 3.36. The lowest BCUT2D eigenvalue weighted by Gasteiger charge is -2.35. The lowest BCUT2D eigenvalue weighted by molar-refractivity contribution is -0.0740. The van der Waals surface area contributed by atoms with E-state index >= 15 is 0 Å². The summed E-state index contributed by atoms with van der Waals surface area (Å²) in [6, 6.07) is 0. The first-order chi connectivity index (χ1) is 9.53. The maximum atomic E-state index is 5.77. The van der Waals surface area contributed by atoms with Gasteiger partial charge in [0.25, 0.3) is 0 Å². The van der Waals surface area contributed by atoms with Gasteiger partial charge in [-0.25, -0.2) is 15.0 Å². The molecule has 3 heterocycles. The lowest BCUT2D eigenvalue weighted by atomic mass is 9.86. The molecule has 3 rings (SSSR count). The molecule has 0 aliphatic carbocycles. The Morgan fingerprint density at radius 3 is 3.10 bits per heavy atom. The molecule has 1 aliphatic heterocycles. The Morgan fingerprint density at radius 1 is 1.45 bits per heavy atom. The van der Waals surface area contributed by atoms with Crippen LogP contribution in [-0.4, -0.2) is 31.7 Å². The number of aryl methyl sites for hydroxylation is 1. The smallest absolute Gasteiger partial charge is 0.197 e. The van der Waals surface area contributed by atoms with Crippen molar-refractivity contribution in [3.8, 4) is 0 Å². The highest BCUT2D eigenvalue weighted by Gasteiger charge is 2.28. The quantitative estimate of drug-likeness (QED) is 0.862. The number of ether oxygens (including phenoxy) is 1. The van der Waals surface area contributed by atoms with E-state index < -0.39 is 0 Å². The van der Waals surface area contributed by atoms with Crippen molar-refractivity contribution in [3.05, 3.63) is 17.1 Å². The van der Waals surface area contributed by atoms with Gasteiger partial charge in [-0.1, -0.05) is 0 Å². The minimum Gasteiger partial charge on any atom is -0.376 e. The molecule has 0 spiro atoms. The van der Waals surface area contributed by atoms with Crippen molar-refractivity contribution in [3.63, 3.8) is 0 Å². The molecule has 0 bridgehead atoms. The van der Waals surface area contributed by atoms with E-state index in [1.54, 1.807) is 6.20 Å². The van der Waals surface area contributed by atoms with Crippen LogP contribution in [0.1, 0.15) is 33.1 Å². The summed E-state index contributed by atoms with van der Waals surface area (Å²) in [5, 5.41) is 0. The third-order valence-corrected chi connectivity index (χ3v) is 4.26. The molecule has 5 nitrogen and oxygen atoms in total. The van der Waals surface area contributed by atoms with E-state index in [4.69, 9.17) is 4.74 Å². The zero-order chi connectivity index (χ0) is 14.2. The van der Waals surface area contributed by atoms with Gasteiger partial charge in [0.15, 0.2) is 11.3 Å². The maximum Gasteiger partial charge on any atom is 0.197 e. The van der Waals surface area contributed by atoms with E-state index in [1.807, 2.05) is 6.33 Å². The normalized spacial score (nSPS) is 22.2.